The SMILES string of the molecule is CN[C@@H](C)[C@H]1CC[C@H]2[C@@H]3CC[C@H]4C[C@@H](N(C)C(=O)c5ccccc5)CC[C@]4(C)[C@H]3CC[C@]12C. The van der Waals surface area contributed by atoms with Crippen LogP contribution in [0.2, 0.25) is 0 Å². The number of nitrogens with one attached hydrogen (secondary N) is 1. The van der Waals surface area contributed by atoms with Crippen LogP contribution in [-0.4, -0.2) is 37.0 Å². The van der Waals surface area contributed by atoms with Crippen LogP contribution in [0.15, 0.2) is 30.3 Å². The molecule has 182 valence electrons. The number of hydrogen-bond donors (Lipinski definition) is 1. The number of amides is 1. The highest BCUT2D eigenvalue weighted by Gasteiger charge is 2.60. The number of fused-ring (bicyclic) bond motifs is 5. The normalized spacial score (nSPS) is 43.2. The predicted octanol–water partition coefficient (Wildman–Crippen LogP) is 6.39. The van der Waals surface area contributed by atoms with Crippen molar-refractivity contribution in [3.8, 4) is 0 Å². The zero-order valence-electron chi connectivity index (χ0n) is 21.6. The summed E-state index contributed by atoms with van der Waals surface area (Å²) in [4.78, 5) is 15.2. The van der Waals surface area contributed by atoms with E-state index >= 15 is 0 Å². The van der Waals surface area contributed by atoms with E-state index in [0.29, 0.717) is 22.9 Å². The van der Waals surface area contributed by atoms with Gasteiger partial charge in [0, 0.05) is 24.7 Å². The first-order valence-electron chi connectivity index (χ1n) is 13.8. The summed E-state index contributed by atoms with van der Waals surface area (Å²) in [5.74, 6) is 4.57. The highest BCUT2D eigenvalue weighted by atomic mass is 16.2. The van der Waals surface area contributed by atoms with Crippen molar-refractivity contribution < 1.29 is 4.79 Å². The largest absolute Gasteiger partial charge is 0.339 e. The Morgan fingerprint density at radius 1 is 0.970 bits per heavy atom. The van der Waals surface area contributed by atoms with Crippen LogP contribution in [0.3, 0.4) is 0 Å². The van der Waals surface area contributed by atoms with Crippen molar-refractivity contribution >= 4 is 5.91 Å². The molecule has 0 heterocycles. The van der Waals surface area contributed by atoms with Crippen molar-refractivity contribution in [3.05, 3.63) is 35.9 Å². The molecule has 0 spiro atoms. The van der Waals surface area contributed by atoms with E-state index in [2.05, 4.69) is 38.0 Å². The first kappa shape index (κ1) is 23.4. The summed E-state index contributed by atoms with van der Waals surface area (Å²) >= 11 is 0. The van der Waals surface area contributed by atoms with Crippen LogP contribution in [0, 0.1) is 40.4 Å². The van der Waals surface area contributed by atoms with Crippen LogP contribution in [0.1, 0.15) is 88.9 Å². The van der Waals surface area contributed by atoms with E-state index in [1.807, 2.05) is 37.4 Å². The molecule has 3 nitrogen and oxygen atoms in total. The molecule has 0 unspecified atom stereocenters. The first-order chi connectivity index (χ1) is 15.8. The molecule has 5 rings (SSSR count). The van der Waals surface area contributed by atoms with Crippen molar-refractivity contribution in [2.75, 3.05) is 14.1 Å². The van der Waals surface area contributed by atoms with E-state index in [-0.39, 0.29) is 5.91 Å². The molecule has 1 N–H and O–H groups in total. The lowest BCUT2D eigenvalue weighted by Crippen LogP contribution is -2.56. The van der Waals surface area contributed by atoms with Gasteiger partial charge in [0.2, 0.25) is 0 Å². The van der Waals surface area contributed by atoms with Gasteiger partial charge in [-0.15, -0.1) is 0 Å². The van der Waals surface area contributed by atoms with Gasteiger partial charge in [0.05, 0.1) is 0 Å². The monoisotopic (exact) mass is 450 g/mol. The number of carbonyl (C=O) groups excluding carboxylic acids is 1. The predicted molar refractivity (Wildman–Crippen MR) is 136 cm³/mol. The second-order valence-electron chi connectivity index (χ2n) is 12.7. The van der Waals surface area contributed by atoms with Crippen molar-refractivity contribution in [2.45, 2.75) is 90.6 Å². The van der Waals surface area contributed by atoms with E-state index in [1.54, 1.807) is 0 Å². The van der Waals surface area contributed by atoms with E-state index in [4.69, 9.17) is 0 Å². The maximum atomic E-state index is 13.1. The Kier molecular flexibility index (Phi) is 6.17. The Hall–Kier alpha value is -1.35. The van der Waals surface area contributed by atoms with Crippen LogP contribution in [0.25, 0.3) is 0 Å². The van der Waals surface area contributed by atoms with Crippen LogP contribution < -0.4 is 5.32 Å². The number of rotatable bonds is 4. The molecule has 9 atom stereocenters. The van der Waals surface area contributed by atoms with Gasteiger partial charge in [-0.2, -0.15) is 0 Å². The summed E-state index contributed by atoms with van der Waals surface area (Å²) in [7, 11) is 4.19. The number of benzene rings is 1. The van der Waals surface area contributed by atoms with Gasteiger partial charge in [0.15, 0.2) is 0 Å². The molecule has 4 saturated carbocycles. The van der Waals surface area contributed by atoms with E-state index in [0.717, 1.165) is 35.2 Å². The molecule has 0 aromatic heterocycles. The summed E-state index contributed by atoms with van der Waals surface area (Å²) in [5, 5.41) is 3.59. The standard InChI is InChI=1S/C30H46N2O/c1-20(31-4)25-13-14-26-24-12-11-22-19-23(32(5)28(33)21-9-7-6-8-10-21)15-17-29(22,2)27(24)16-18-30(25,26)3/h6-10,20,22-27,31H,11-19H2,1-5H3/t20-,22-,23-,24-,25+,26-,27-,29-,30+/m0/s1. The molecule has 0 radical (unpaired) electrons. The number of carbonyl (C=O) groups is 1. The van der Waals surface area contributed by atoms with E-state index < -0.39 is 0 Å². The Labute approximate surface area is 202 Å². The molecule has 1 aromatic rings. The second kappa shape index (κ2) is 8.70. The third-order valence-corrected chi connectivity index (χ3v) is 11.7. The van der Waals surface area contributed by atoms with E-state index in [9.17, 15) is 4.79 Å². The fourth-order valence-electron chi connectivity index (χ4n) is 9.60. The first-order valence-corrected chi connectivity index (χ1v) is 13.8. The molecule has 4 aliphatic carbocycles. The maximum Gasteiger partial charge on any atom is 0.253 e. The van der Waals surface area contributed by atoms with Crippen molar-refractivity contribution in [1.82, 2.24) is 10.2 Å². The molecule has 4 fully saturated rings. The Morgan fingerprint density at radius 2 is 1.67 bits per heavy atom. The Balaban J connectivity index is 1.30. The van der Waals surface area contributed by atoms with E-state index in [1.165, 1.54) is 57.8 Å². The lowest BCUT2D eigenvalue weighted by atomic mass is 9.44. The van der Waals surface area contributed by atoms with Gasteiger partial charge in [-0.05, 0) is 124 Å². The van der Waals surface area contributed by atoms with Gasteiger partial charge >= 0.3 is 0 Å². The fourth-order valence-corrected chi connectivity index (χ4v) is 9.60. The van der Waals surface area contributed by atoms with Crippen molar-refractivity contribution in [2.24, 2.45) is 40.4 Å². The summed E-state index contributed by atoms with van der Waals surface area (Å²) in [6.45, 7) is 7.71. The highest BCUT2D eigenvalue weighted by molar-refractivity contribution is 5.94. The van der Waals surface area contributed by atoms with Crippen molar-refractivity contribution in [3.63, 3.8) is 0 Å². The zero-order chi connectivity index (χ0) is 23.4. The third-order valence-electron chi connectivity index (χ3n) is 11.7. The lowest BCUT2D eigenvalue weighted by Gasteiger charge is -2.61. The lowest BCUT2D eigenvalue weighted by molar-refractivity contribution is -0.120. The van der Waals surface area contributed by atoms with Crippen LogP contribution in [-0.2, 0) is 0 Å². The average Bonchev–Trinajstić information content (AvgIpc) is 3.20. The van der Waals surface area contributed by atoms with Gasteiger partial charge in [-0.25, -0.2) is 0 Å². The van der Waals surface area contributed by atoms with Crippen molar-refractivity contribution in [1.29, 1.82) is 0 Å². The third kappa shape index (κ3) is 3.68. The Morgan fingerprint density at radius 3 is 2.39 bits per heavy atom. The molecule has 1 aromatic carbocycles. The van der Waals surface area contributed by atoms with Gasteiger partial charge in [0.1, 0.15) is 0 Å². The summed E-state index contributed by atoms with van der Waals surface area (Å²) < 4.78 is 0. The maximum absolute atomic E-state index is 13.1. The molecule has 0 bridgehead atoms. The van der Waals surface area contributed by atoms with Gasteiger partial charge in [-0.1, -0.05) is 32.0 Å². The zero-order valence-corrected chi connectivity index (χ0v) is 21.6. The smallest absolute Gasteiger partial charge is 0.253 e. The summed E-state index contributed by atoms with van der Waals surface area (Å²) in [5.41, 5.74) is 1.84. The average molecular weight is 451 g/mol. The summed E-state index contributed by atoms with van der Waals surface area (Å²) in [6, 6.07) is 10.9. The minimum Gasteiger partial charge on any atom is -0.339 e. The molecule has 1 amide bonds. The number of hydrogen-bond acceptors (Lipinski definition) is 2. The quantitative estimate of drug-likeness (QED) is 0.576. The Bertz CT molecular complexity index is 854. The van der Waals surface area contributed by atoms with Gasteiger partial charge < -0.3 is 10.2 Å². The topological polar surface area (TPSA) is 32.3 Å². The van der Waals surface area contributed by atoms with Crippen LogP contribution >= 0.6 is 0 Å². The molecular weight excluding hydrogens is 404 g/mol. The second-order valence-corrected chi connectivity index (χ2v) is 12.7. The molecule has 33 heavy (non-hydrogen) atoms. The molecular formula is C30H46N2O. The van der Waals surface area contributed by atoms with Crippen LogP contribution in [0.4, 0.5) is 0 Å². The minimum atomic E-state index is 0.196. The van der Waals surface area contributed by atoms with Gasteiger partial charge in [-0.3, -0.25) is 4.79 Å². The highest BCUT2D eigenvalue weighted by Crippen LogP contribution is 2.67. The number of nitrogens with zero attached hydrogens (tertiary/aromatic N) is 1. The van der Waals surface area contributed by atoms with Gasteiger partial charge in [0.25, 0.3) is 5.91 Å². The molecule has 3 heteroatoms. The fraction of sp³-hybridized carbons (Fsp3) is 0.767. The summed E-state index contributed by atoms with van der Waals surface area (Å²) in [6.07, 6.45) is 12.2. The molecule has 0 aliphatic heterocycles. The van der Waals surface area contributed by atoms with Crippen LogP contribution in [0.5, 0.6) is 0 Å². The molecule has 0 saturated heterocycles. The minimum absolute atomic E-state index is 0.196. The molecule has 4 aliphatic rings.